The molecule has 0 saturated heterocycles. The molecule has 108 valence electrons. The van der Waals surface area contributed by atoms with Crippen molar-refractivity contribution in [3.8, 4) is 0 Å². The van der Waals surface area contributed by atoms with E-state index in [-0.39, 0.29) is 22.2 Å². The van der Waals surface area contributed by atoms with Crippen LogP contribution in [-0.4, -0.2) is 26.0 Å². The SMILES string of the molecule is CSC1CCC(NS(=O)(=O)c2cc(CN)oc2Br)C1. The lowest BCUT2D eigenvalue weighted by Crippen LogP contribution is -2.33. The Bertz CT molecular complexity index is 544. The molecule has 0 radical (unpaired) electrons. The fourth-order valence-electron chi connectivity index (χ4n) is 2.23. The van der Waals surface area contributed by atoms with Crippen molar-refractivity contribution in [3.05, 3.63) is 16.5 Å². The zero-order valence-electron chi connectivity index (χ0n) is 10.6. The molecule has 0 aliphatic heterocycles. The van der Waals surface area contributed by atoms with Crippen LogP contribution in [0.15, 0.2) is 20.0 Å². The van der Waals surface area contributed by atoms with E-state index in [1.165, 1.54) is 6.07 Å². The Morgan fingerprint density at radius 1 is 1.58 bits per heavy atom. The van der Waals surface area contributed by atoms with Crippen LogP contribution in [0.5, 0.6) is 0 Å². The minimum atomic E-state index is -3.55. The maximum absolute atomic E-state index is 12.3. The van der Waals surface area contributed by atoms with Gasteiger partial charge >= 0.3 is 0 Å². The second kappa shape index (κ2) is 6.17. The van der Waals surface area contributed by atoms with Crippen molar-refractivity contribution in [2.24, 2.45) is 5.73 Å². The maximum atomic E-state index is 12.3. The molecule has 3 N–H and O–H groups in total. The highest BCUT2D eigenvalue weighted by atomic mass is 79.9. The van der Waals surface area contributed by atoms with E-state index in [0.29, 0.717) is 11.0 Å². The summed E-state index contributed by atoms with van der Waals surface area (Å²) in [4.78, 5) is 0.126. The van der Waals surface area contributed by atoms with Crippen molar-refractivity contribution in [1.82, 2.24) is 4.72 Å². The van der Waals surface area contributed by atoms with E-state index in [9.17, 15) is 8.42 Å². The largest absolute Gasteiger partial charge is 0.452 e. The van der Waals surface area contributed by atoms with Crippen molar-refractivity contribution in [3.63, 3.8) is 0 Å². The highest BCUT2D eigenvalue weighted by molar-refractivity contribution is 9.10. The lowest BCUT2D eigenvalue weighted by Gasteiger charge is -2.12. The first-order valence-electron chi connectivity index (χ1n) is 5.99. The van der Waals surface area contributed by atoms with Crippen molar-refractivity contribution in [1.29, 1.82) is 0 Å². The summed E-state index contributed by atoms with van der Waals surface area (Å²) >= 11 is 4.91. The maximum Gasteiger partial charge on any atom is 0.245 e. The molecular formula is C11H17BrN2O3S2. The quantitative estimate of drug-likeness (QED) is 0.830. The molecule has 8 heteroatoms. The number of hydrogen-bond donors (Lipinski definition) is 2. The van der Waals surface area contributed by atoms with Gasteiger partial charge in [0, 0.05) is 17.4 Å². The minimum absolute atomic E-state index is 0.00516. The van der Waals surface area contributed by atoms with Crippen LogP contribution in [0, 0.1) is 0 Å². The Morgan fingerprint density at radius 3 is 2.84 bits per heavy atom. The zero-order valence-corrected chi connectivity index (χ0v) is 13.8. The fourth-order valence-corrected chi connectivity index (χ4v) is 5.30. The molecule has 2 atom stereocenters. The van der Waals surface area contributed by atoms with E-state index < -0.39 is 10.0 Å². The minimum Gasteiger partial charge on any atom is -0.452 e. The van der Waals surface area contributed by atoms with Gasteiger partial charge in [-0.2, -0.15) is 11.8 Å². The van der Waals surface area contributed by atoms with E-state index >= 15 is 0 Å². The predicted octanol–water partition coefficient (Wildman–Crippen LogP) is 2.06. The van der Waals surface area contributed by atoms with Crippen molar-refractivity contribution in [2.45, 2.75) is 42.0 Å². The Morgan fingerprint density at radius 2 is 2.32 bits per heavy atom. The van der Waals surface area contributed by atoms with Gasteiger partial charge < -0.3 is 10.2 Å². The van der Waals surface area contributed by atoms with E-state index in [0.717, 1.165) is 19.3 Å². The van der Waals surface area contributed by atoms with Gasteiger partial charge in [-0.1, -0.05) is 0 Å². The van der Waals surface area contributed by atoms with Crippen LogP contribution in [0.25, 0.3) is 0 Å². The van der Waals surface area contributed by atoms with Crippen LogP contribution >= 0.6 is 27.7 Å². The third-order valence-electron chi connectivity index (χ3n) is 3.24. The van der Waals surface area contributed by atoms with Gasteiger partial charge in [0.15, 0.2) is 4.67 Å². The van der Waals surface area contributed by atoms with Gasteiger partial charge in [0.05, 0.1) is 6.54 Å². The molecule has 2 unspecified atom stereocenters. The molecule has 1 aliphatic rings. The Balaban J connectivity index is 2.12. The van der Waals surface area contributed by atoms with Crippen molar-refractivity contribution < 1.29 is 12.8 Å². The Hall–Kier alpha value is -0.0200. The van der Waals surface area contributed by atoms with Crippen LogP contribution in [0.3, 0.4) is 0 Å². The summed E-state index contributed by atoms with van der Waals surface area (Å²) < 4.78 is 32.7. The molecule has 1 aliphatic carbocycles. The number of halogens is 1. The summed E-state index contributed by atoms with van der Waals surface area (Å²) in [5.41, 5.74) is 5.44. The van der Waals surface area contributed by atoms with Crippen molar-refractivity contribution in [2.75, 3.05) is 6.26 Å². The number of thioether (sulfide) groups is 1. The molecule has 1 aromatic heterocycles. The average molecular weight is 369 g/mol. The fraction of sp³-hybridized carbons (Fsp3) is 0.636. The molecule has 19 heavy (non-hydrogen) atoms. The van der Waals surface area contributed by atoms with E-state index in [2.05, 4.69) is 26.9 Å². The number of nitrogens with one attached hydrogen (secondary N) is 1. The molecule has 2 rings (SSSR count). The van der Waals surface area contributed by atoms with Gasteiger partial charge in [-0.25, -0.2) is 13.1 Å². The summed E-state index contributed by atoms with van der Waals surface area (Å²) in [6.45, 7) is 0.173. The highest BCUT2D eigenvalue weighted by Gasteiger charge is 2.30. The molecule has 0 spiro atoms. The molecule has 0 bridgehead atoms. The van der Waals surface area contributed by atoms with E-state index in [4.69, 9.17) is 10.2 Å². The summed E-state index contributed by atoms with van der Waals surface area (Å²) in [6, 6.07) is 1.47. The van der Waals surface area contributed by atoms with Gasteiger partial charge in [-0.15, -0.1) is 0 Å². The summed E-state index contributed by atoms with van der Waals surface area (Å²) in [7, 11) is -3.55. The first kappa shape index (κ1) is 15.4. The molecule has 5 nitrogen and oxygen atoms in total. The summed E-state index contributed by atoms with van der Waals surface area (Å²) in [5, 5.41) is 0.542. The number of hydrogen-bond acceptors (Lipinski definition) is 5. The van der Waals surface area contributed by atoms with Crippen molar-refractivity contribution >= 4 is 37.7 Å². The average Bonchev–Trinajstić information content (AvgIpc) is 2.95. The zero-order chi connectivity index (χ0) is 14.0. The van der Waals surface area contributed by atoms with E-state index in [1.54, 1.807) is 11.8 Å². The number of rotatable bonds is 5. The van der Waals surface area contributed by atoms with Gasteiger partial charge in [0.1, 0.15) is 10.7 Å². The smallest absolute Gasteiger partial charge is 0.245 e. The summed E-state index contributed by atoms with van der Waals surface area (Å²) in [5.74, 6) is 0.445. The molecule has 1 aromatic rings. The first-order valence-corrected chi connectivity index (χ1v) is 9.56. The normalized spacial score (nSPS) is 23.9. The van der Waals surface area contributed by atoms with Gasteiger partial charge in [-0.05, 0) is 41.4 Å². The van der Waals surface area contributed by atoms with Crippen LogP contribution in [0.2, 0.25) is 0 Å². The number of sulfonamides is 1. The molecular weight excluding hydrogens is 352 g/mol. The van der Waals surface area contributed by atoms with Gasteiger partial charge in [-0.3, -0.25) is 0 Å². The van der Waals surface area contributed by atoms with Crippen LogP contribution in [0.1, 0.15) is 25.0 Å². The van der Waals surface area contributed by atoms with Crippen LogP contribution < -0.4 is 10.5 Å². The standard InChI is InChI=1S/C11H17BrN2O3S2/c1-18-9-3-2-7(4-9)14-19(15,16)10-5-8(6-13)17-11(10)12/h5,7,9,14H,2-4,6,13H2,1H3. The molecule has 1 saturated carbocycles. The molecule has 0 aromatic carbocycles. The van der Waals surface area contributed by atoms with Crippen LogP contribution in [0.4, 0.5) is 0 Å². The summed E-state index contributed by atoms with van der Waals surface area (Å²) in [6.07, 6.45) is 4.86. The van der Waals surface area contributed by atoms with Gasteiger partial charge in [0.25, 0.3) is 0 Å². The van der Waals surface area contributed by atoms with Gasteiger partial charge in [0.2, 0.25) is 10.0 Å². The monoisotopic (exact) mass is 368 g/mol. The third-order valence-corrected chi connectivity index (χ3v) is 6.71. The number of furan rings is 1. The van der Waals surface area contributed by atoms with E-state index in [1.807, 2.05) is 0 Å². The number of nitrogens with two attached hydrogens (primary N) is 1. The Labute approximate surface area is 125 Å². The first-order chi connectivity index (χ1) is 8.96. The highest BCUT2D eigenvalue weighted by Crippen LogP contribution is 2.31. The second-order valence-corrected chi connectivity index (χ2v) is 8.08. The molecule has 1 heterocycles. The lowest BCUT2D eigenvalue weighted by atomic mass is 10.3. The molecule has 0 amide bonds. The topological polar surface area (TPSA) is 85.3 Å². The molecule has 1 fully saturated rings. The van der Waals surface area contributed by atoms with Crippen LogP contribution in [-0.2, 0) is 16.6 Å². The predicted molar refractivity (Wildman–Crippen MR) is 79.6 cm³/mol. The second-order valence-electron chi connectivity index (χ2n) is 4.54. The lowest BCUT2D eigenvalue weighted by molar-refractivity contribution is 0.482. The third kappa shape index (κ3) is 3.55. The Kier molecular flexibility index (Phi) is 4.99.